The molecule has 1 aliphatic rings. The van der Waals surface area contributed by atoms with Crippen LogP contribution in [-0.4, -0.2) is 57.4 Å². The molecule has 7 nitrogen and oxygen atoms in total. The number of anilines is 1. The lowest BCUT2D eigenvalue weighted by Crippen LogP contribution is -2.44. The first-order valence-electron chi connectivity index (χ1n) is 9.16. The number of hydrogen-bond donors (Lipinski definition) is 1. The lowest BCUT2D eigenvalue weighted by molar-refractivity contribution is 0.220. The SMILES string of the molecule is CCN1CCC(N(C)c2nc3c(cnn3-c3ccccc3)c(=O)[nH]2)CC1. The van der Waals surface area contributed by atoms with Gasteiger partial charge in [0.15, 0.2) is 5.65 Å². The van der Waals surface area contributed by atoms with Crippen LogP contribution in [0.4, 0.5) is 5.95 Å². The monoisotopic (exact) mass is 352 g/mol. The van der Waals surface area contributed by atoms with E-state index in [9.17, 15) is 4.79 Å². The van der Waals surface area contributed by atoms with Crippen molar-refractivity contribution in [3.8, 4) is 5.69 Å². The summed E-state index contributed by atoms with van der Waals surface area (Å²) >= 11 is 0. The van der Waals surface area contributed by atoms with Crippen molar-refractivity contribution in [2.75, 3.05) is 31.6 Å². The van der Waals surface area contributed by atoms with Crippen LogP contribution in [-0.2, 0) is 0 Å². The van der Waals surface area contributed by atoms with Crippen molar-refractivity contribution in [2.45, 2.75) is 25.8 Å². The molecule has 7 heteroatoms. The zero-order valence-corrected chi connectivity index (χ0v) is 15.2. The summed E-state index contributed by atoms with van der Waals surface area (Å²) in [4.78, 5) is 24.8. The van der Waals surface area contributed by atoms with Gasteiger partial charge in [-0.2, -0.15) is 10.1 Å². The van der Waals surface area contributed by atoms with Crippen LogP contribution < -0.4 is 10.5 Å². The summed E-state index contributed by atoms with van der Waals surface area (Å²) in [5.74, 6) is 0.607. The normalized spacial score (nSPS) is 16.2. The number of hydrogen-bond acceptors (Lipinski definition) is 5. The predicted molar refractivity (Wildman–Crippen MR) is 103 cm³/mol. The van der Waals surface area contributed by atoms with Crippen LogP contribution in [0.1, 0.15) is 19.8 Å². The van der Waals surface area contributed by atoms with E-state index in [-0.39, 0.29) is 5.56 Å². The molecule has 1 fully saturated rings. The number of para-hydroxylation sites is 1. The third-order valence-corrected chi connectivity index (χ3v) is 5.31. The summed E-state index contributed by atoms with van der Waals surface area (Å²) in [5.41, 5.74) is 1.34. The van der Waals surface area contributed by atoms with E-state index in [1.165, 1.54) is 0 Å². The highest BCUT2D eigenvalue weighted by molar-refractivity contribution is 5.76. The fourth-order valence-corrected chi connectivity index (χ4v) is 3.63. The maximum absolute atomic E-state index is 12.5. The number of H-pyrrole nitrogens is 1. The van der Waals surface area contributed by atoms with Crippen molar-refractivity contribution in [1.82, 2.24) is 24.6 Å². The molecule has 4 rings (SSSR count). The Labute approximate surface area is 152 Å². The molecule has 0 spiro atoms. The molecule has 1 saturated heterocycles. The van der Waals surface area contributed by atoms with E-state index >= 15 is 0 Å². The van der Waals surface area contributed by atoms with Crippen LogP contribution in [0, 0.1) is 0 Å². The molecule has 2 aromatic heterocycles. The summed E-state index contributed by atoms with van der Waals surface area (Å²) < 4.78 is 1.72. The van der Waals surface area contributed by atoms with Gasteiger partial charge in [-0.15, -0.1) is 0 Å². The topological polar surface area (TPSA) is 70.1 Å². The Balaban J connectivity index is 1.69. The highest BCUT2D eigenvalue weighted by Gasteiger charge is 2.24. The smallest absolute Gasteiger partial charge is 0.263 e. The molecule has 0 aliphatic carbocycles. The summed E-state index contributed by atoms with van der Waals surface area (Å²) in [7, 11) is 2.01. The van der Waals surface area contributed by atoms with E-state index in [4.69, 9.17) is 4.98 Å². The summed E-state index contributed by atoms with van der Waals surface area (Å²) in [6, 6.07) is 10.1. The van der Waals surface area contributed by atoms with Gasteiger partial charge in [0.2, 0.25) is 5.95 Å². The fourth-order valence-electron chi connectivity index (χ4n) is 3.63. The van der Waals surface area contributed by atoms with Crippen LogP contribution in [0.25, 0.3) is 16.7 Å². The van der Waals surface area contributed by atoms with Crippen molar-refractivity contribution in [2.24, 2.45) is 0 Å². The molecule has 0 bridgehead atoms. The Morgan fingerprint density at radius 2 is 1.96 bits per heavy atom. The lowest BCUT2D eigenvalue weighted by atomic mass is 10.0. The molecular formula is C19H24N6O. The number of nitrogens with zero attached hydrogens (tertiary/aromatic N) is 5. The van der Waals surface area contributed by atoms with E-state index in [2.05, 4.69) is 26.8 Å². The highest BCUT2D eigenvalue weighted by Crippen LogP contribution is 2.21. The second-order valence-corrected chi connectivity index (χ2v) is 6.80. The molecule has 3 heterocycles. The van der Waals surface area contributed by atoms with Crippen molar-refractivity contribution < 1.29 is 0 Å². The molecule has 0 atom stereocenters. The van der Waals surface area contributed by atoms with Gasteiger partial charge in [0.25, 0.3) is 5.56 Å². The molecule has 3 aromatic rings. The summed E-state index contributed by atoms with van der Waals surface area (Å²) in [5, 5.41) is 4.88. The molecule has 0 amide bonds. The van der Waals surface area contributed by atoms with Gasteiger partial charge in [0, 0.05) is 26.2 Å². The number of piperidine rings is 1. The van der Waals surface area contributed by atoms with Gasteiger partial charge in [-0.25, -0.2) is 4.68 Å². The maximum atomic E-state index is 12.5. The van der Waals surface area contributed by atoms with Gasteiger partial charge >= 0.3 is 0 Å². The molecule has 1 N–H and O–H groups in total. The fraction of sp³-hybridized carbons (Fsp3) is 0.421. The predicted octanol–water partition coefficient (Wildman–Crippen LogP) is 2.03. The van der Waals surface area contributed by atoms with Gasteiger partial charge in [-0.1, -0.05) is 25.1 Å². The first-order valence-corrected chi connectivity index (χ1v) is 9.16. The molecule has 1 aliphatic heterocycles. The third-order valence-electron chi connectivity index (χ3n) is 5.31. The molecule has 1 aromatic carbocycles. The zero-order chi connectivity index (χ0) is 18.1. The summed E-state index contributed by atoms with van der Waals surface area (Å²) in [6.07, 6.45) is 3.73. The van der Waals surface area contributed by atoms with E-state index in [0.717, 1.165) is 38.2 Å². The van der Waals surface area contributed by atoms with E-state index in [0.29, 0.717) is 23.0 Å². The zero-order valence-electron chi connectivity index (χ0n) is 15.2. The average Bonchev–Trinajstić information content (AvgIpc) is 3.13. The minimum absolute atomic E-state index is 0.148. The first-order chi connectivity index (χ1) is 12.7. The van der Waals surface area contributed by atoms with Crippen LogP contribution in [0.2, 0.25) is 0 Å². The van der Waals surface area contributed by atoms with Gasteiger partial charge in [-0.3, -0.25) is 9.78 Å². The van der Waals surface area contributed by atoms with Crippen molar-refractivity contribution in [3.63, 3.8) is 0 Å². The number of aromatic amines is 1. The Morgan fingerprint density at radius 3 is 2.65 bits per heavy atom. The van der Waals surface area contributed by atoms with Crippen LogP contribution >= 0.6 is 0 Å². The van der Waals surface area contributed by atoms with Gasteiger partial charge in [0.05, 0.1) is 11.9 Å². The second-order valence-electron chi connectivity index (χ2n) is 6.80. The largest absolute Gasteiger partial charge is 0.342 e. The molecular weight excluding hydrogens is 328 g/mol. The number of likely N-dealkylation sites (tertiary alicyclic amines) is 1. The minimum atomic E-state index is -0.148. The van der Waals surface area contributed by atoms with Crippen molar-refractivity contribution in [1.29, 1.82) is 0 Å². The Hall–Kier alpha value is -2.67. The number of rotatable bonds is 4. The minimum Gasteiger partial charge on any atom is -0.342 e. The molecule has 26 heavy (non-hydrogen) atoms. The molecule has 0 saturated carbocycles. The molecule has 136 valence electrons. The summed E-state index contributed by atoms with van der Waals surface area (Å²) in [6.45, 7) is 5.45. The highest BCUT2D eigenvalue weighted by atomic mass is 16.1. The molecule has 0 unspecified atom stereocenters. The van der Waals surface area contributed by atoms with Gasteiger partial charge in [0.1, 0.15) is 5.39 Å². The number of benzene rings is 1. The van der Waals surface area contributed by atoms with E-state index < -0.39 is 0 Å². The second kappa shape index (κ2) is 6.92. The lowest BCUT2D eigenvalue weighted by Gasteiger charge is -2.36. The standard InChI is InChI=1S/C19H24N6O/c1-3-24-11-9-14(10-12-24)23(2)19-21-17-16(18(26)22-19)13-20-25(17)15-7-5-4-6-8-15/h4-8,13-14H,3,9-12H2,1-2H3,(H,21,22,26). The number of nitrogens with one attached hydrogen (secondary N) is 1. The number of fused-ring (bicyclic) bond motifs is 1. The van der Waals surface area contributed by atoms with Gasteiger partial charge in [-0.05, 0) is 31.5 Å². The number of aromatic nitrogens is 4. The van der Waals surface area contributed by atoms with E-state index in [1.54, 1.807) is 10.9 Å². The Bertz CT molecular complexity index is 940. The molecule has 0 radical (unpaired) electrons. The van der Waals surface area contributed by atoms with Crippen LogP contribution in [0.5, 0.6) is 0 Å². The van der Waals surface area contributed by atoms with E-state index in [1.807, 2.05) is 37.4 Å². The van der Waals surface area contributed by atoms with Crippen LogP contribution in [0.3, 0.4) is 0 Å². The quantitative estimate of drug-likeness (QED) is 0.778. The maximum Gasteiger partial charge on any atom is 0.263 e. The Kier molecular flexibility index (Phi) is 4.46. The van der Waals surface area contributed by atoms with Crippen molar-refractivity contribution >= 4 is 17.0 Å². The Morgan fingerprint density at radius 1 is 1.23 bits per heavy atom. The first kappa shape index (κ1) is 16.8. The average molecular weight is 352 g/mol. The van der Waals surface area contributed by atoms with Gasteiger partial charge < -0.3 is 9.80 Å². The van der Waals surface area contributed by atoms with Crippen molar-refractivity contribution in [3.05, 3.63) is 46.9 Å². The van der Waals surface area contributed by atoms with Crippen LogP contribution in [0.15, 0.2) is 41.3 Å². The third kappa shape index (κ3) is 2.99.